The van der Waals surface area contributed by atoms with Gasteiger partial charge in [-0.15, -0.1) is 23.2 Å². The van der Waals surface area contributed by atoms with E-state index < -0.39 is 0 Å². The Morgan fingerprint density at radius 1 is 1.09 bits per heavy atom. The Morgan fingerprint density at radius 2 is 1.77 bits per heavy atom. The smallest absolute Gasteiger partial charge is 0.258 e. The summed E-state index contributed by atoms with van der Waals surface area (Å²) in [5.74, 6) is -0.0487. The van der Waals surface area contributed by atoms with Crippen molar-refractivity contribution in [3.8, 4) is 0 Å². The number of fused-ring (bicyclic) bond motifs is 1. The highest BCUT2D eigenvalue weighted by molar-refractivity contribution is 6.32. The lowest BCUT2D eigenvalue weighted by Gasteiger charge is -2.40. The van der Waals surface area contributed by atoms with E-state index in [0.717, 1.165) is 16.8 Å². The maximum Gasteiger partial charge on any atom is 0.258 e. The number of carbonyl (C=O) groups is 1. The summed E-state index contributed by atoms with van der Waals surface area (Å²) in [6, 6.07) is 15.0. The third-order valence-electron chi connectivity index (χ3n) is 4.13. The van der Waals surface area contributed by atoms with Gasteiger partial charge in [-0.2, -0.15) is 0 Å². The molecule has 4 heteroatoms. The molecule has 3 rings (SSSR count). The Kier molecular flexibility index (Phi) is 4.16. The van der Waals surface area contributed by atoms with E-state index in [2.05, 4.69) is 0 Å². The van der Waals surface area contributed by atoms with Crippen molar-refractivity contribution in [2.75, 3.05) is 4.90 Å². The van der Waals surface area contributed by atoms with E-state index in [0.29, 0.717) is 5.56 Å². The first-order valence-corrected chi connectivity index (χ1v) is 8.15. The van der Waals surface area contributed by atoms with Crippen molar-refractivity contribution in [2.45, 2.75) is 30.6 Å². The number of benzene rings is 2. The molecule has 2 nitrogen and oxygen atoms in total. The van der Waals surface area contributed by atoms with Gasteiger partial charge >= 0.3 is 0 Å². The van der Waals surface area contributed by atoms with E-state index in [4.69, 9.17) is 23.2 Å². The average Bonchev–Trinajstić information content (AvgIpc) is 2.54. The zero-order valence-electron chi connectivity index (χ0n) is 12.5. The summed E-state index contributed by atoms with van der Waals surface area (Å²) in [6.45, 7) is 3.95. The molecule has 0 aromatic heterocycles. The highest BCUT2D eigenvalue weighted by Gasteiger charge is 2.39. The number of hydrogen-bond donors (Lipinski definition) is 0. The topological polar surface area (TPSA) is 20.3 Å². The van der Waals surface area contributed by atoms with Crippen LogP contribution < -0.4 is 4.90 Å². The summed E-state index contributed by atoms with van der Waals surface area (Å²) >= 11 is 13.0. The van der Waals surface area contributed by atoms with Crippen molar-refractivity contribution >= 4 is 34.8 Å². The molecule has 114 valence electrons. The van der Waals surface area contributed by atoms with Crippen molar-refractivity contribution in [1.29, 1.82) is 0 Å². The van der Waals surface area contributed by atoms with E-state index in [-0.39, 0.29) is 22.7 Å². The van der Waals surface area contributed by atoms with Crippen LogP contribution in [0.2, 0.25) is 0 Å². The van der Waals surface area contributed by atoms with Gasteiger partial charge in [0, 0.05) is 11.3 Å². The molecule has 3 atom stereocenters. The highest BCUT2D eigenvalue weighted by Crippen LogP contribution is 2.44. The van der Waals surface area contributed by atoms with Crippen molar-refractivity contribution in [3.63, 3.8) is 0 Å². The number of aryl methyl sites for hydroxylation is 1. The van der Waals surface area contributed by atoms with Crippen LogP contribution in [0.1, 0.15) is 33.8 Å². The molecule has 1 aliphatic heterocycles. The van der Waals surface area contributed by atoms with E-state index in [1.165, 1.54) is 0 Å². The lowest BCUT2D eigenvalue weighted by Crippen LogP contribution is -2.48. The summed E-state index contributed by atoms with van der Waals surface area (Å²) < 4.78 is 0. The molecule has 0 bridgehead atoms. The summed E-state index contributed by atoms with van der Waals surface area (Å²) in [5.41, 5.74) is 3.53. The van der Waals surface area contributed by atoms with Gasteiger partial charge in [-0.1, -0.05) is 35.9 Å². The molecule has 0 spiro atoms. The number of amides is 1. The minimum atomic E-state index is -0.330. The Bertz CT molecular complexity index is 701. The van der Waals surface area contributed by atoms with Crippen LogP contribution in [-0.2, 0) is 0 Å². The number of carbonyl (C=O) groups excluding carboxylic acids is 1. The minimum absolute atomic E-state index is 0.0487. The van der Waals surface area contributed by atoms with E-state index in [1.54, 1.807) is 4.90 Å². The van der Waals surface area contributed by atoms with Crippen LogP contribution in [0.25, 0.3) is 0 Å². The fourth-order valence-corrected chi connectivity index (χ4v) is 3.54. The largest absolute Gasteiger partial charge is 0.304 e. The second-order valence-electron chi connectivity index (χ2n) is 5.69. The fraction of sp³-hybridized carbons (Fsp3) is 0.278. The van der Waals surface area contributed by atoms with Gasteiger partial charge in [0.25, 0.3) is 5.91 Å². The molecular formula is C18H17Cl2NO. The first-order chi connectivity index (χ1) is 10.5. The Morgan fingerprint density at radius 3 is 2.45 bits per heavy atom. The zero-order valence-corrected chi connectivity index (χ0v) is 14.0. The van der Waals surface area contributed by atoms with Crippen LogP contribution in [0.3, 0.4) is 0 Å². The molecule has 1 heterocycles. The van der Waals surface area contributed by atoms with Gasteiger partial charge in [0.15, 0.2) is 0 Å². The number of halogens is 2. The molecule has 2 unspecified atom stereocenters. The molecular weight excluding hydrogens is 317 g/mol. The number of alkyl halides is 2. The van der Waals surface area contributed by atoms with Gasteiger partial charge in [0.2, 0.25) is 0 Å². The molecule has 0 aliphatic carbocycles. The second-order valence-corrected chi connectivity index (χ2v) is 6.66. The summed E-state index contributed by atoms with van der Waals surface area (Å²) in [4.78, 5) is 14.7. The molecule has 1 amide bonds. The summed E-state index contributed by atoms with van der Waals surface area (Å²) in [6.07, 6.45) is 0. The molecule has 22 heavy (non-hydrogen) atoms. The first-order valence-electron chi connectivity index (χ1n) is 7.28. The molecule has 2 aromatic rings. The third kappa shape index (κ3) is 2.51. The van der Waals surface area contributed by atoms with Gasteiger partial charge in [-0.05, 0) is 37.6 Å². The maximum atomic E-state index is 12.9. The van der Waals surface area contributed by atoms with Crippen molar-refractivity contribution in [1.82, 2.24) is 0 Å². The summed E-state index contributed by atoms with van der Waals surface area (Å²) in [5, 5.41) is -0.630. The normalized spacial score (nSPS) is 24.0. The van der Waals surface area contributed by atoms with Gasteiger partial charge in [0.1, 0.15) is 0 Å². The summed E-state index contributed by atoms with van der Waals surface area (Å²) in [7, 11) is 0. The number of rotatable bonds is 1. The van der Waals surface area contributed by atoms with Crippen molar-refractivity contribution in [2.24, 2.45) is 0 Å². The monoisotopic (exact) mass is 333 g/mol. The van der Waals surface area contributed by atoms with E-state index in [1.807, 2.05) is 62.4 Å². The fourth-order valence-electron chi connectivity index (χ4n) is 2.91. The quantitative estimate of drug-likeness (QED) is 0.677. The highest BCUT2D eigenvalue weighted by atomic mass is 35.5. The average molecular weight is 334 g/mol. The molecule has 0 radical (unpaired) electrons. The molecule has 2 aromatic carbocycles. The SMILES string of the molecule is Cc1ccc2c(c1)C(Cl)[C@H](Cl)C(C)N2C(=O)c1ccccc1. The van der Waals surface area contributed by atoms with Crippen molar-refractivity contribution in [3.05, 3.63) is 65.2 Å². The Labute approximate surface area is 140 Å². The van der Waals surface area contributed by atoms with Crippen LogP contribution >= 0.6 is 23.2 Å². The molecule has 0 saturated heterocycles. The van der Waals surface area contributed by atoms with Gasteiger partial charge in [0.05, 0.1) is 16.8 Å². The number of hydrogen-bond acceptors (Lipinski definition) is 1. The predicted molar refractivity (Wildman–Crippen MR) is 92.1 cm³/mol. The van der Waals surface area contributed by atoms with E-state index in [9.17, 15) is 4.79 Å². The van der Waals surface area contributed by atoms with Crippen molar-refractivity contribution < 1.29 is 4.79 Å². The second kappa shape index (κ2) is 5.94. The van der Waals surface area contributed by atoms with Crippen LogP contribution in [0.15, 0.2) is 48.5 Å². The van der Waals surface area contributed by atoms with Gasteiger partial charge in [-0.25, -0.2) is 0 Å². The number of nitrogens with zero attached hydrogens (tertiary/aromatic N) is 1. The lowest BCUT2D eigenvalue weighted by atomic mass is 9.93. The number of anilines is 1. The molecule has 0 saturated carbocycles. The predicted octanol–water partition coefficient (Wildman–Crippen LogP) is 4.93. The standard InChI is InChI=1S/C18H17Cl2NO/c1-11-8-9-15-14(10-11)17(20)16(19)12(2)21(15)18(22)13-6-4-3-5-7-13/h3-10,12,16-17H,1-2H3/t12?,16-,17?/m1/s1. The van der Waals surface area contributed by atoms with E-state index >= 15 is 0 Å². The minimum Gasteiger partial charge on any atom is -0.304 e. The van der Waals surface area contributed by atoms with Gasteiger partial charge in [-0.3, -0.25) is 4.79 Å². The van der Waals surface area contributed by atoms with Crippen LogP contribution in [0.4, 0.5) is 5.69 Å². The van der Waals surface area contributed by atoms with Crippen LogP contribution in [-0.4, -0.2) is 17.3 Å². The first kappa shape index (κ1) is 15.4. The Hall–Kier alpha value is -1.51. The zero-order chi connectivity index (χ0) is 15.9. The van der Waals surface area contributed by atoms with Crippen LogP contribution in [0.5, 0.6) is 0 Å². The lowest BCUT2D eigenvalue weighted by molar-refractivity contribution is 0.0975. The maximum absolute atomic E-state index is 12.9. The molecule has 1 aliphatic rings. The third-order valence-corrected chi connectivity index (χ3v) is 5.38. The molecule has 0 N–H and O–H groups in total. The molecule has 0 fully saturated rings. The van der Waals surface area contributed by atoms with Crippen LogP contribution in [0, 0.1) is 6.92 Å². The Balaban J connectivity index is 2.11. The van der Waals surface area contributed by atoms with Gasteiger partial charge < -0.3 is 4.90 Å².